The van der Waals surface area contributed by atoms with Crippen molar-refractivity contribution < 1.29 is 35.5 Å². The minimum atomic E-state index is -4.30. The van der Waals surface area contributed by atoms with E-state index in [2.05, 4.69) is 23.8 Å². The van der Waals surface area contributed by atoms with Gasteiger partial charge in [-0.2, -0.15) is 16.8 Å². The molecule has 0 bridgehead atoms. The number of hydrogen-bond donors (Lipinski definition) is 4. The molecule has 0 saturated heterocycles. The highest BCUT2D eigenvalue weighted by atomic mass is 32.2. The van der Waals surface area contributed by atoms with E-state index in [9.17, 15) is 26.4 Å². The molecule has 2 amide bonds. The van der Waals surface area contributed by atoms with Crippen LogP contribution in [0, 0.1) is 0 Å². The molecule has 0 heterocycles. The Hall–Kier alpha value is -1.76. The monoisotopic (exact) mass is 414 g/mol. The standard InChI is InChI=1S/2C7H13NO4S/c1-4-6(9)8-7(3,5-2)13(10,11)12;1-3-6(13(10,11)12)5-8-7(9)4-2/h4H,1,5H2,2-3H3,(H,8,9)(H,10,11,12);4,6H,2-3,5H2,1H3,(H,8,9)(H,10,11,12). The van der Waals surface area contributed by atoms with E-state index >= 15 is 0 Å². The van der Waals surface area contributed by atoms with Gasteiger partial charge in [-0.05, 0) is 31.9 Å². The molecule has 2 unspecified atom stereocenters. The van der Waals surface area contributed by atoms with Crippen molar-refractivity contribution in [3.05, 3.63) is 25.3 Å². The molecular weight excluding hydrogens is 388 g/mol. The number of hydrogen-bond acceptors (Lipinski definition) is 6. The van der Waals surface area contributed by atoms with E-state index in [-0.39, 0.29) is 19.4 Å². The van der Waals surface area contributed by atoms with Crippen molar-refractivity contribution in [3.63, 3.8) is 0 Å². The molecule has 0 radical (unpaired) electrons. The number of nitrogens with one attached hydrogen (secondary N) is 2. The van der Waals surface area contributed by atoms with Crippen molar-refractivity contribution in [2.75, 3.05) is 6.54 Å². The number of amides is 2. The molecule has 152 valence electrons. The summed E-state index contributed by atoms with van der Waals surface area (Å²) in [5.74, 6) is -1.09. The molecule has 0 aromatic rings. The molecule has 0 aromatic heterocycles. The minimum Gasteiger partial charge on any atom is -0.351 e. The lowest BCUT2D eigenvalue weighted by Crippen LogP contribution is -2.50. The van der Waals surface area contributed by atoms with Gasteiger partial charge in [0.1, 0.15) is 5.25 Å². The Morgan fingerprint density at radius 3 is 1.81 bits per heavy atom. The summed E-state index contributed by atoms with van der Waals surface area (Å²) in [5, 5.41) is 3.48. The highest BCUT2D eigenvalue weighted by molar-refractivity contribution is 7.87. The van der Waals surface area contributed by atoms with Crippen molar-refractivity contribution in [1.82, 2.24) is 10.6 Å². The van der Waals surface area contributed by atoms with Crippen LogP contribution in [0.5, 0.6) is 0 Å². The van der Waals surface area contributed by atoms with Crippen molar-refractivity contribution in [2.24, 2.45) is 0 Å². The molecule has 0 aliphatic rings. The molecule has 4 N–H and O–H groups in total. The first-order valence-corrected chi connectivity index (χ1v) is 10.4. The summed E-state index contributed by atoms with van der Waals surface area (Å²) >= 11 is 0. The van der Waals surface area contributed by atoms with Crippen LogP contribution in [0.3, 0.4) is 0 Å². The highest BCUT2D eigenvalue weighted by Gasteiger charge is 2.37. The second kappa shape index (κ2) is 11.1. The first-order valence-electron chi connectivity index (χ1n) is 7.46. The first-order chi connectivity index (χ1) is 11.7. The van der Waals surface area contributed by atoms with Gasteiger partial charge in [0.2, 0.25) is 11.8 Å². The van der Waals surface area contributed by atoms with E-state index in [1.165, 1.54) is 13.8 Å². The SMILES string of the molecule is C=CC(=O)NC(C)(CC)S(=O)(=O)O.C=CC(=O)NCC(CC)S(=O)(=O)O. The maximum absolute atomic E-state index is 10.8. The third kappa shape index (κ3) is 9.65. The molecule has 0 aliphatic heterocycles. The Labute approximate surface area is 154 Å². The molecule has 0 fully saturated rings. The van der Waals surface area contributed by atoms with Crippen molar-refractivity contribution in [1.29, 1.82) is 0 Å². The molecule has 0 rings (SSSR count). The van der Waals surface area contributed by atoms with Gasteiger partial charge >= 0.3 is 0 Å². The summed E-state index contributed by atoms with van der Waals surface area (Å²) in [5.41, 5.74) is 0. The minimum absolute atomic E-state index is 0.0748. The van der Waals surface area contributed by atoms with Gasteiger partial charge in [0, 0.05) is 6.54 Å². The van der Waals surface area contributed by atoms with Crippen molar-refractivity contribution in [3.8, 4) is 0 Å². The third-order valence-electron chi connectivity index (χ3n) is 3.38. The fraction of sp³-hybridized carbons (Fsp3) is 0.571. The quantitative estimate of drug-likeness (QED) is 0.308. The fourth-order valence-corrected chi connectivity index (χ4v) is 2.70. The summed E-state index contributed by atoms with van der Waals surface area (Å²) in [4.78, 5) is 19.8. The molecule has 10 nitrogen and oxygen atoms in total. The van der Waals surface area contributed by atoms with Gasteiger partial charge < -0.3 is 10.6 Å². The van der Waals surface area contributed by atoms with E-state index in [1.54, 1.807) is 6.92 Å². The topological polar surface area (TPSA) is 167 Å². The Bertz CT molecular complexity index is 715. The molecular formula is C14H26N2O8S2. The summed E-state index contributed by atoms with van der Waals surface area (Å²) in [6.07, 6.45) is 2.30. The molecule has 0 aromatic carbocycles. The van der Waals surface area contributed by atoms with Crippen LogP contribution in [0.15, 0.2) is 25.3 Å². The maximum Gasteiger partial charge on any atom is 0.288 e. The zero-order valence-electron chi connectivity index (χ0n) is 14.9. The molecule has 26 heavy (non-hydrogen) atoms. The van der Waals surface area contributed by atoms with E-state index in [4.69, 9.17) is 9.11 Å². The highest BCUT2D eigenvalue weighted by Crippen LogP contribution is 2.16. The smallest absolute Gasteiger partial charge is 0.288 e. The Morgan fingerprint density at radius 1 is 1.08 bits per heavy atom. The number of carbonyl (C=O) groups is 2. The fourth-order valence-electron chi connectivity index (χ4n) is 1.39. The Kier molecular flexibility index (Phi) is 11.3. The van der Waals surface area contributed by atoms with Gasteiger partial charge in [0.15, 0.2) is 4.87 Å². The maximum atomic E-state index is 10.8. The van der Waals surface area contributed by atoms with Gasteiger partial charge in [-0.1, -0.05) is 27.0 Å². The molecule has 0 spiro atoms. The van der Waals surface area contributed by atoms with Gasteiger partial charge in [-0.3, -0.25) is 18.7 Å². The van der Waals surface area contributed by atoms with Crippen LogP contribution in [-0.4, -0.2) is 54.4 Å². The Morgan fingerprint density at radius 2 is 1.54 bits per heavy atom. The summed E-state index contributed by atoms with van der Waals surface area (Å²) in [6, 6.07) is 0. The van der Waals surface area contributed by atoms with Gasteiger partial charge in [-0.25, -0.2) is 0 Å². The normalized spacial score (nSPS) is 14.7. The van der Waals surface area contributed by atoms with Crippen LogP contribution in [-0.2, 0) is 29.8 Å². The Balaban J connectivity index is 0. The summed E-state index contributed by atoms with van der Waals surface area (Å²) in [7, 11) is -8.37. The predicted octanol–water partition coefficient (Wildman–Crippen LogP) is 0.258. The predicted molar refractivity (Wildman–Crippen MR) is 97.4 cm³/mol. The zero-order valence-corrected chi connectivity index (χ0v) is 16.6. The second-order valence-electron chi connectivity index (χ2n) is 5.25. The zero-order chi connectivity index (χ0) is 21.2. The molecule has 2 atom stereocenters. The van der Waals surface area contributed by atoms with E-state index in [1.807, 2.05) is 0 Å². The van der Waals surface area contributed by atoms with Crippen LogP contribution < -0.4 is 10.6 Å². The average molecular weight is 415 g/mol. The van der Waals surface area contributed by atoms with Crippen LogP contribution in [0.4, 0.5) is 0 Å². The van der Waals surface area contributed by atoms with Crippen LogP contribution >= 0.6 is 0 Å². The van der Waals surface area contributed by atoms with Gasteiger partial charge in [0.25, 0.3) is 20.2 Å². The van der Waals surface area contributed by atoms with E-state index < -0.39 is 42.2 Å². The third-order valence-corrected chi connectivity index (χ3v) is 6.25. The average Bonchev–Trinajstić information content (AvgIpc) is 2.53. The van der Waals surface area contributed by atoms with E-state index in [0.29, 0.717) is 0 Å². The van der Waals surface area contributed by atoms with Crippen molar-refractivity contribution in [2.45, 2.75) is 43.7 Å². The lowest BCUT2D eigenvalue weighted by molar-refractivity contribution is -0.117. The second-order valence-corrected chi connectivity index (χ2v) is 8.80. The van der Waals surface area contributed by atoms with Crippen LogP contribution in [0.25, 0.3) is 0 Å². The van der Waals surface area contributed by atoms with Crippen LogP contribution in [0.1, 0.15) is 33.6 Å². The van der Waals surface area contributed by atoms with E-state index in [0.717, 1.165) is 12.2 Å². The lowest BCUT2D eigenvalue weighted by atomic mass is 10.2. The summed E-state index contributed by atoms with van der Waals surface area (Å²) in [6.45, 7) is 10.7. The molecule has 0 aliphatic carbocycles. The van der Waals surface area contributed by atoms with Gasteiger partial charge in [-0.15, -0.1) is 0 Å². The summed E-state index contributed by atoms with van der Waals surface area (Å²) < 4.78 is 60.4. The first kappa shape index (κ1) is 26.5. The van der Waals surface area contributed by atoms with Crippen molar-refractivity contribution >= 4 is 32.1 Å². The lowest BCUT2D eigenvalue weighted by Gasteiger charge is -2.25. The number of carbonyl (C=O) groups excluding carboxylic acids is 2. The van der Waals surface area contributed by atoms with Gasteiger partial charge in [0.05, 0.1) is 0 Å². The molecule has 0 saturated carbocycles. The van der Waals surface area contributed by atoms with Crippen LogP contribution in [0.2, 0.25) is 0 Å². The largest absolute Gasteiger partial charge is 0.351 e. The number of rotatable bonds is 9. The molecule has 12 heteroatoms.